The molecule has 0 aliphatic rings. The van der Waals surface area contributed by atoms with Crippen LogP contribution in [0.4, 0.5) is 5.82 Å². The summed E-state index contributed by atoms with van der Waals surface area (Å²) < 4.78 is 0. The van der Waals surface area contributed by atoms with Crippen molar-refractivity contribution in [2.24, 2.45) is 0 Å². The van der Waals surface area contributed by atoms with E-state index < -0.39 is 0 Å². The first kappa shape index (κ1) is 15.0. The van der Waals surface area contributed by atoms with Crippen LogP contribution in [0.1, 0.15) is 23.7 Å². The highest BCUT2D eigenvalue weighted by Gasteiger charge is 2.17. The normalized spacial score (nSPS) is 10.4. The molecule has 0 bridgehead atoms. The summed E-state index contributed by atoms with van der Waals surface area (Å²) in [7, 11) is 0. The Bertz CT molecular complexity index is 671. The molecule has 2 rings (SSSR count). The van der Waals surface area contributed by atoms with Crippen molar-refractivity contribution < 1.29 is 5.11 Å². The molecule has 0 aliphatic carbocycles. The SMILES string of the molecule is CCN(CCO)c1nn(-c2ccc(C)cc2C)nc1C#N. The smallest absolute Gasteiger partial charge is 0.207 e. The standard InChI is InChI=1S/C15H19N5O/c1-4-19(7-8-21)15-13(10-16)17-20(18-15)14-6-5-11(2)9-12(14)3/h5-6,9,21H,4,7-8H2,1-3H3. The Morgan fingerprint density at radius 2 is 2.10 bits per heavy atom. The van der Waals surface area contributed by atoms with Gasteiger partial charge in [-0.2, -0.15) is 5.26 Å². The van der Waals surface area contributed by atoms with Crippen LogP contribution >= 0.6 is 0 Å². The summed E-state index contributed by atoms with van der Waals surface area (Å²) in [5.41, 5.74) is 3.33. The first-order chi connectivity index (χ1) is 10.1. The Hall–Kier alpha value is -2.39. The number of nitriles is 1. The summed E-state index contributed by atoms with van der Waals surface area (Å²) in [5, 5.41) is 27.1. The molecule has 6 nitrogen and oxygen atoms in total. The Morgan fingerprint density at radius 3 is 2.67 bits per heavy atom. The molecule has 21 heavy (non-hydrogen) atoms. The second-order valence-electron chi connectivity index (χ2n) is 4.87. The van der Waals surface area contributed by atoms with Gasteiger partial charge in [-0.15, -0.1) is 15.0 Å². The quantitative estimate of drug-likeness (QED) is 0.902. The highest BCUT2D eigenvalue weighted by atomic mass is 16.3. The van der Waals surface area contributed by atoms with Crippen molar-refractivity contribution in [3.63, 3.8) is 0 Å². The number of aryl methyl sites for hydroxylation is 2. The first-order valence-corrected chi connectivity index (χ1v) is 6.91. The number of likely N-dealkylation sites (N-methyl/N-ethyl adjacent to an activating group) is 1. The minimum Gasteiger partial charge on any atom is -0.395 e. The fraction of sp³-hybridized carbons (Fsp3) is 0.400. The maximum Gasteiger partial charge on any atom is 0.207 e. The van der Waals surface area contributed by atoms with Crippen molar-refractivity contribution in [3.05, 3.63) is 35.0 Å². The molecular weight excluding hydrogens is 266 g/mol. The van der Waals surface area contributed by atoms with Gasteiger partial charge < -0.3 is 10.0 Å². The van der Waals surface area contributed by atoms with E-state index in [1.807, 2.05) is 37.8 Å². The number of aliphatic hydroxyl groups is 1. The van der Waals surface area contributed by atoms with Crippen LogP contribution in [0, 0.1) is 25.2 Å². The van der Waals surface area contributed by atoms with E-state index in [2.05, 4.69) is 22.3 Å². The first-order valence-electron chi connectivity index (χ1n) is 6.91. The highest BCUT2D eigenvalue weighted by Crippen LogP contribution is 2.19. The van der Waals surface area contributed by atoms with Gasteiger partial charge in [0, 0.05) is 13.1 Å². The van der Waals surface area contributed by atoms with Gasteiger partial charge >= 0.3 is 0 Å². The Labute approximate surface area is 124 Å². The maximum atomic E-state index is 9.25. The number of aromatic nitrogens is 3. The molecule has 0 radical (unpaired) electrons. The highest BCUT2D eigenvalue weighted by molar-refractivity contribution is 5.51. The van der Waals surface area contributed by atoms with E-state index in [9.17, 15) is 5.26 Å². The van der Waals surface area contributed by atoms with Gasteiger partial charge in [-0.05, 0) is 32.4 Å². The second-order valence-corrected chi connectivity index (χ2v) is 4.87. The third-order valence-corrected chi connectivity index (χ3v) is 3.32. The molecule has 0 atom stereocenters. The number of hydrogen-bond acceptors (Lipinski definition) is 5. The monoisotopic (exact) mass is 285 g/mol. The lowest BCUT2D eigenvalue weighted by Gasteiger charge is -2.18. The summed E-state index contributed by atoms with van der Waals surface area (Å²) in [6.07, 6.45) is 0. The van der Waals surface area contributed by atoms with Crippen molar-refractivity contribution in [2.45, 2.75) is 20.8 Å². The van der Waals surface area contributed by atoms with Crippen molar-refractivity contribution in [2.75, 3.05) is 24.6 Å². The molecule has 0 unspecified atom stereocenters. The van der Waals surface area contributed by atoms with Crippen LogP contribution in [-0.4, -0.2) is 39.8 Å². The molecular formula is C15H19N5O. The third-order valence-electron chi connectivity index (χ3n) is 3.32. The fourth-order valence-electron chi connectivity index (χ4n) is 2.26. The van der Waals surface area contributed by atoms with Crippen LogP contribution in [0.2, 0.25) is 0 Å². The molecule has 1 aromatic carbocycles. The van der Waals surface area contributed by atoms with Gasteiger partial charge in [-0.25, -0.2) is 0 Å². The molecule has 1 N–H and O–H groups in total. The molecule has 0 fully saturated rings. The number of aliphatic hydroxyl groups excluding tert-OH is 1. The van der Waals surface area contributed by atoms with Gasteiger partial charge in [0.2, 0.25) is 5.69 Å². The Kier molecular flexibility index (Phi) is 4.55. The van der Waals surface area contributed by atoms with Gasteiger partial charge in [0.05, 0.1) is 12.3 Å². The summed E-state index contributed by atoms with van der Waals surface area (Å²) in [6.45, 7) is 7.06. The number of hydrogen-bond donors (Lipinski definition) is 1. The maximum absolute atomic E-state index is 9.25. The minimum absolute atomic E-state index is 0.00906. The zero-order valence-corrected chi connectivity index (χ0v) is 12.5. The van der Waals surface area contributed by atoms with Crippen LogP contribution in [0.15, 0.2) is 18.2 Å². The topological polar surface area (TPSA) is 78.0 Å². The summed E-state index contributed by atoms with van der Waals surface area (Å²) >= 11 is 0. The van der Waals surface area contributed by atoms with E-state index in [0.717, 1.165) is 11.3 Å². The average molecular weight is 285 g/mol. The van der Waals surface area contributed by atoms with Crippen LogP contribution in [-0.2, 0) is 0 Å². The van der Waals surface area contributed by atoms with Crippen molar-refractivity contribution in [1.82, 2.24) is 15.0 Å². The van der Waals surface area contributed by atoms with E-state index in [-0.39, 0.29) is 12.3 Å². The van der Waals surface area contributed by atoms with Crippen LogP contribution in [0.5, 0.6) is 0 Å². The number of nitrogens with zero attached hydrogens (tertiary/aromatic N) is 5. The number of anilines is 1. The Balaban J connectivity index is 2.47. The molecule has 110 valence electrons. The van der Waals surface area contributed by atoms with Gasteiger partial charge in [0.25, 0.3) is 0 Å². The van der Waals surface area contributed by atoms with Crippen molar-refractivity contribution in [1.29, 1.82) is 5.26 Å². The van der Waals surface area contributed by atoms with Gasteiger partial charge in [-0.1, -0.05) is 17.7 Å². The predicted octanol–water partition coefficient (Wildman–Crippen LogP) is 1.57. The van der Waals surface area contributed by atoms with E-state index >= 15 is 0 Å². The molecule has 0 saturated heterocycles. The molecule has 0 aliphatic heterocycles. The van der Waals surface area contributed by atoms with Gasteiger partial charge in [0.1, 0.15) is 6.07 Å². The summed E-state index contributed by atoms with van der Waals surface area (Å²) in [6, 6.07) is 8.05. The molecule has 2 aromatic rings. The van der Waals surface area contributed by atoms with Gasteiger partial charge in [0.15, 0.2) is 5.82 Å². The van der Waals surface area contributed by atoms with Gasteiger partial charge in [-0.3, -0.25) is 0 Å². The lowest BCUT2D eigenvalue weighted by Crippen LogP contribution is -2.27. The minimum atomic E-state index is 0.00906. The largest absolute Gasteiger partial charge is 0.395 e. The summed E-state index contributed by atoms with van der Waals surface area (Å²) in [5.74, 6) is 0.508. The van der Waals surface area contributed by atoms with Crippen LogP contribution in [0.3, 0.4) is 0 Å². The Morgan fingerprint density at radius 1 is 1.33 bits per heavy atom. The molecule has 0 saturated carbocycles. The van der Waals surface area contributed by atoms with E-state index in [4.69, 9.17) is 5.11 Å². The van der Waals surface area contributed by atoms with E-state index in [0.29, 0.717) is 18.9 Å². The molecule has 0 spiro atoms. The zero-order valence-electron chi connectivity index (χ0n) is 12.5. The summed E-state index contributed by atoms with van der Waals surface area (Å²) in [4.78, 5) is 3.33. The second kappa shape index (κ2) is 6.37. The number of rotatable bonds is 5. The van der Waals surface area contributed by atoms with Crippen LogP contribution < -0.4 is 4.90 Å². The molecule has 6 heteroatoms. The van der Waals surface area contributed by atoms with Crippen LogP contribution in [0.25, 0.3) is 5.69 Å². The zero-order chi connectivity index (χ0) is 15.4. The lowest BCUT2D eigenvalue weighted by atomic mass is 10.1. The number of benzene rings is 1. The average Bonchev–Trinajstić information content (AvgIpc) is 2.88. The fourth-order valence-corrected chi connectivity index (χ4v) is 2.26. The van der Waals surface area contributed by atoms with Crippen molar-refractivity contribution in [3.8, 4) is 11.8 Å². The molecule has 1 heterocycles. The lowest BCUT2D eigenvalue weighted by molar-refractivity contribution is 0.302. The van der Waals surface area contributed by atoms with E-state index in [1.165, 1.54) is 10.4 Å². The van der Waals surface area contributed by atoms with Crippen molar-refractivity contribution >= 4 is 5.82 Å². The molecule has 1 aromatic heterocycles. The van der Waals surface area contributed by atoms with E-state index in [1.54, 1.807) is 0 Å². The molecule has 0 amide bonds. The predicted molar refractivity (Wildman–Crippen MR) is 80.5 cm³/mol. The third kappa shape index (κ3) is 3.03.